The van der Waals surface area contributed by atoms with E-state index in [-0.39, 0.29) is 11.7 Å². The first-order valence-corrected chi connectivity index (χ1v) is 15.3. The Morgan fingerprint density at radius 3 is 2.29 bits per heavy atom. The SMILES string of the molecule is CCOc1ccc([C@@H]2C(C(=O)OC(C)C)=C(C)N=c3s/c(=C/c4ccc(OCc5ccc(Br)cc5)cc4)c(=O)n32)cc1. The molecule has 0 unspecified atom stereocenters. The van der Waals surface area contributed by atoms with E-state index in [4.69, 9.17) is 14.2 Å². The van der Waals surface area contributed by atoms with Crippen LogP contribution in [0.3, 0.4) is 0 Å². The molecule has 0 fully saturated rings. The van der Waals surface area contributed by atoms with Gasteiger partial charge in [-0.05, 0) is 86.9 Å². The van der Waals surface area contributed by atoms with Crippen LogP contribution >= 0.6 is 27.3 Å². The molecule has 1 aliphatic heterocycles. The summed E-state index contributed by atoms with van der Waals surface area (Å²) in [6, 6.07) is 22.3. The number of rotatable bonds is 9. The highest BCUT2D eigenvalue weighted by Gasteiger charge is 2.33. The molecule has 9 heteroatoms. The second-order valence-corrected chi connectivity index (χ2v) is 11.9. The van der Waals surface area contributed by atoms with Crippen LogP contribution in [-0.2, 0) is 16.1 Å². The third-order valence-electron chi connectivity index (χ3n) is 6.59. The number of aromatic nitrogens is 1. The molecule has 0 aliphatic carbocycles. The van der Waals surface area contributed by atoms with E-state index in [2.05, 4.69) is 20.9 Å². The fourth-order valence-corrected chi connectivity index (χ4v) is 5.96. The molecule has 216 valence electrons. The highest BCUT2D eigenvalue weighted by molar-refractivity contribution is 9.10. The number of fused-ring (bicyclic) bond motifs is 1. The number of halogens is 1. The van der Waals surface area contributed by atoms with Crippen molar-refractivity contribution in [1.82, 2.24) is 4.57 Å². The normalized spacial score (nSPS) is 14.9. The maximum absolute atomic E-state index is 13.9. The number of hydrogen-bond acceptors (Lipinski definition) is 7. The first-order chi connectivity index (χ1) is 20.2. The summed E-state index contributed by atoms with van der Waals surface area (Å²) < 4.78 is 20.2. The van der Waals surface area contributed by atoms with Gasteiger partial charge in [0.25, 0.3) is 5.56 Å². The Hall–Kier alpha value is -3.95. The standard InChI is InChI=1S/C33H31BrN2O5S/c1-5-39-26-16-10-24(11-17-26)30-29(32(38)41-20(2)3)21(4)35-33-36(30)31(37)28(42-33)18-22-8-14-27(15-9-22)40-19-23-6-12-25(34)13-7-23/h6-18,20,30H,5,19H2,1-4H3/b28-18+/t30-/m1/s1. The van der Waals surface area contributed by atoms with Crippen molar-refractivity contribution in [3.05, 3.63) is 125 Å². The van der Waals surface area contributed by atoms with E-state index >= 15 is 0 Å². The lowest BCUT2D eigenvalue weighted by molar-refractivity contribution is -0.143. The minimum absolute atomic E-state index is 0.226. The molecule has 2 heterocycles. The molecule has 1 aliphatic rings. The summed E-state index contributed by atoms with van der Waals surface area (Å²) >= 11 is 4.74. The summed E-state index contributed by atoms with van der Waals surface area (Å²) in [7, 11) is 0. The average Bonchev–Trinajstić information content (AvgIpc) is 3.27. The number of carbonyl (C=O) groups is 1. The molecule has 1 aromatic heterocycles. The van der Waals surface area contributed by atoms with Crippen molar-refractivity contribution >= 4 is 39.3 Å². The van der Waals surface area contributed by atoms with Crippen molar-refractivity contribution in [1.29, 1.82) is 0 Å². The van der Waals surface area contributed by atoms with Gasteiger partial charge < -0.3 is 14.2 Å². The van der Waals surface area contributed by atoms with Gasteiger partial charge >= 0.3 is 5.97 Å². The van der Waals surface area contributed by atoms with Crippen LogP contribution in [0.5, 0.6) is 11.5 Å². The summed E-state index contributed by atoms with van der Waals surface area (Å²) in [5.41, 5.74) is 3.33. The van der Waals surface area contributed by atoms with Crippen LogP contribution in [0.15, 0.2) is 98.3 Å². The van der Waals surface area contributed by atoms with Crippen LogP contribution in [0.1, 0.15) is 50.4 Å². The van der Waals surface area contributed by atoms with Crippen molar-refractivity contribution in [3.63, 3.8) is 0 Å². The number of allylic oxidation sites excluding steroid dienone is 1. The van der Waals surface area contributed by atoms with E-state index in [1.165, 1.54) is 11.3 Å². The van der Waals surface area contributed by atoms with Crippen LogP contribution in [0.2, 0.25) is 0 Å². The molecular formula is C33H31BrN2O5S. The molecular weight excluding hydrogens is 616 g/mol. The van der Waals surface area contributed by atoms with Gasteiger partial charge in [-0.15, -0.1) is 0 Å². The van der Waals surface area contributed by atoms with Crippen LogP contribution < -0.4 is 24.4 Å². The molecule has 0 radical (unpaired) electrons. The number of carbonyl (C=O) groups excluding carboxylic acids is 1. The molecule has 0 saturated heterocycles. The highest BCUT2D eigenvalue weighted by atomic mass is 79.9. The second-order valence-electron chi connectivity index (χ2n) is 10.0. The van der Waals surface area contributed by atoms with Gasteiger partial charge in [0.1, 0.15) is 18.1 Å². The van der Waals surface area contributed by atoms with E-state index in [9.17, 15) is 9.59 Å². The van der Waals surface area contributed by atoms with Gasteiger partial charge in [0.05, 0.1) is 34.6 Å². The second kappa shape index (κ2) is 12.9. The molecule has 0 N–H and O–H groups in total. The molecule has 3 aromatic carbocycles. The van der Waals surface area contributed by atoms with Crippen LogP contribution in [-0.4, -0.2) is 23.2 Å². The minimum Gasteiger partial charge on any atom is -0.494 e. The fraction of sp³-hybridized carbons (Fsp3) is 0.242. The van der Waals surface area contributed by atoms with Crippen molar-refractivity contribution < 1.29 is 19.0 Å². The Morgan fingerprint density at radius 2 is 1.64 bits per heavy atom. The number of esters is 1. The molecule has 0 saturated carbocycles. The third-order valence-corrected chi connectivity index (χ3v) is 8.10. The Labute approximate surface area is 256 Å². The quantitative estimate of drug-likeness (QED) is 0.211. The van der Waals surface area contributed by atoms with Crippen molar-refractivity contribution in [3.8, 4) is 11.5 Å². The topological polar surface area (TPSA) is 79.1 Å². The van der Waals surface area contributed by atoms with Crippen LogP contribution in [0.4, 0.5) is 0 Å². The van der Waals surface area contributed by atoms with Gasteiger partial charge in [0, 0.05) is 4.47 Å². The molecule has 5 rings (SSSR count). The predicted octanol–water partition coefficient (Wildman–Crippen LogP) is 5.93. The number of ether oxygens (including phenoxy) is 3. The van der Waals surface area contributed by atoms with Gasteiger partial charge in [-0.1, -0.05) is 63.7 Å². The molecule has 7 nitrogen and oxygen atoms in total. The van der Waals surface area contributed by atoms with Gasteiger partial charge in [-0.2, -0.15) is 0 Å². The van der Waals surface area contributed by atoms with Crippen molar-refractivity contribution in [2.45, 2.75) is 46.4 Å². The Kier molecular flexibility index (Phi) is 9.09. The predicted molar refractivity (Wildman–Crippen MR) is 168 cm³/mol. The maximum Gasteiger partial charge on any atom is 0.338 e. The van der Waals surface area contributed by atoms with E-state index < -0.39 is 12.0 Å². The average molecular weight is 648 g/mol. The zero-order chi connectivity index (χ0) is 29.8. The van der Waals surface area contributed by atoms with Gasteiger partial charge in [0.2, 0.25) is 0 Å². The number of hydrogen-bond donors (Lipinski definition) is 0. The molecule has 0 spiro atoms. The minimum atomic E-state index is -0.681. The summed E-state index contributed by atoms with van der Waals surface area (Å²) in [6.07, 6.45) is 1.52. The van der Waals surface area contributed by atoms with E-state index in [0.29, 0.717) is 39.6 Å². The first-order valence-electron chi connectivity index (χ1n) is 13.7. The van der Waals surface area contributed by atoms with Gasteiger partial charge in [-0.3, -0.25) is 9.36 Å². The highest BCUT2D eigenvalue weighted by Crippen LogP contribution is 2.32. The van der Waals surface area contributed by atoms with E-state index in [0.717, 1.165) is 26.9 Å². The zero-order valence-electron chi connectivity index (χ0n) is 23.8. The van der Waals surface area contributed by atoms with E-state index in [1.807, 2.05) is 85.8 Å². The Balaban J connectivity index is 1.49. The van der Waals surface area contributed by atoms with Crippen LogP contribution in [0.25, 0.3) is 6.08 Å². The molecule has 1 atom stereocenters. The van der Waals surface area contributed by atoms with E-state index in [1.54, 1.807) is 25.3 Å². The lowest BCUT2D eigenvalue weighted by Gasteiger charge is -2.25. The number of benzene rings is 3. The summed E-state index contributed by atoms with van der Waals surface area (Å²) in [5, 5.41) is 0. The summed E-state index contributed by atoms with van der Waals surface area (Å²) in [6.45, 7) is 8.29. The molecule has 4 aromatic rings. The Bertz CT molecular complexity index is 1790. The molecule has 0 amide bonds. The summed E-state index contributed by atoms with van der Waals surface area (Å²) in [5.74, 6) is 0.957. The first kappa shape index (κ1) is 29.5. The molecule has 0 bridgehead atoms. The lowest BCUT2D eigenvalue weighted by atomic mass is 9.96. The Morgan fingerprint density at radius 1 is 1.00 bits per heavy atom. The number of thiazole rings is 1. The third kappa shape index (κ3) is 6.58. The van der Waals surface area contributed by atoms with Gasteiger partial charge in [0.15, 0.2) is 4.80 Å². The molecule has 42 heavy (non-hydrogen) atoms. The smallest absolute Gasteiger partial charge is 0.338 e. The number of nitrogens with zero attached hydrogens (tertiary/aromatic N) is 2. The maximum atomic E-state index is 13.9. The monoisotopic (exact) mass is 646 g/mol. The lowest BCUT2D eigenvalue weighted by Crippen LogP contribution is -2.40. The van der Waals surface area contributed by atoms with Crippen molar-refractivity contribution in [2.24, 2.45) is 4.99 Å². The van der Waals surface area contributed by atoms with Crippen LogP contribution in [0, 0.1) is 0 Å². The zero-order valence-corrected chi connectivity index (χ0v) is 26.2. The fourth-order valence-electron chi connectivity index (χ4n) is 4.65. The van der Waals surface area contributed by atoms with Crippen molar-refractivity contribution in [2.75, 3.05) is 6.61 Å². The summed E-state index contributed by atoms with van der Waals surface area (Å²) in [4.78, 5) is 32.3. The largest absolute Gasteiger partial charge is 0.494 e. The van der Waals surface area contributed by atoms with Gasteiger partial charge in [-0.25, -0.2) is 9.79 Å².